The number of benzene rings is 1. The summed E-state index contributed by atoms with van der Waals surface area (Å²) in [5.74, 6) is 1.68. The molecule has 1 aliphatic heterocycles. The topological polar surface area (TPSA) is 46.1 Å². The van der Waals surface area contributed by atoms with E-state index in [0.717, 1.165) is 70.9 Å². The number of hydrogen-bond acceptors (Lipinski definition) is 4. The van der Waals surface area contributed by atoms with Gasteiger partial charge < -0.3 is 4.90 Å². The van der Waals surface area contributed by atoms with Gasteiger partial charge in [-0.2, -0.15) is 0 Å². The van der Waals surface area contributed by atoms with Crippen molar-refractivity contribution in [3.63, 3.8) is 0 Å². The Hall–Kier alpha value is -2.27. The zero-order chi connectivity index (χ0) is 19.7. The van der Waals surface area contributed by atoms with Crippen LogP contribution in [0.5, 0.6) is 0 Å². The minimum absolute atomic E-state index is 0.163. The second-order valence-corrected chi connectivity index (χ2v) is 8.74. The molecule has 4 rings (SSSR count). The SMILES string of the molecule is CCc1nc(C)c2c(C)c(C(=O)N3CCC(Cc4ccccc4)CC3)sc2n1. The van der Waals surface area contributed by atoms with Crippen molar-refractivity contribution in [3.05, 3.63) is 57.9 Å². The van der Waals surface area contributed by atoms with Crippen molar-refractivity contribution in [3.8, 4) is 0 Å². The second-order valence-electron chi connectivity index (χ2n) is 7.74. The van der Waals surface area contributed by atoms with Crippen LogP contribution in [-0.2, 0) is 12.8 Å². The van der Waals surface area contributed by atoms with Gasteiger partial charge >= 0.3 is 0 Å². The highest BCUT2D eigenvalue weighted by molar-refractivity contribution is 7.20. The van der Waals surface area contributed by atoms with Crippen LogP contribution in [0.2, 0.25) is 0 Å². The smallest absolute Gasteiger partial charge is 0.264 e. The monoisotopic (exact) mass is 393 g/mol. The summed E-state index contributed by atoms with van der Waals surface area (Å²) in [7, 11) is 0. The highest BCUT2D eigenvalue weighted by Crippen LogP contribution is 2.33. The van der Waals surface area contributed by atoms with Crippen LogP contribution in [-0.4, -0.2) is 33.9 Å². The summed E-state index contributed by atoms with van der Waals surface area (Å²) in [6, 6.07) is 10.7. The molecule has 0 unspecified atom stereocenters. The Bertz CT molecular complexity index is 988. The second kappa shape index (κ2) is 8.00. The van der Waals surface area contributed by atoms with E-state index in [0.29, 0.717) is 5.92 Å². The van der Waals surface area contributed by atoms with Crippen molar-refractivity contribution >= 4 is 27.5 Å². The summed E-state index contributed by atoms with van der Waals surface area (Å²) >= 11 is 1.53. The number of rotatable bonds is 4. The fourth-order valence-corrected chi connectivity index (χ4v) is 5.41. The van der Waals surface area contributed by atoms with Gasteiger partial charge in [-0.3, -0.25) is 4.79 Å². The number of fused-ring (bicyclic) bond motifs is 1. The summed E-state index contributed by atoms with van der Waals surface area (Å²) in [5.41, 5.74) is 3.42. The molecule has 0 bridgehead atoms. The van der Waals surface area contributed by atoms with Crippen LogP contribution < -0.4 is 0 Å². The first-order chi connectivity index (χ1) is 13.6. The molecule has 1 amide bonds. The van der Waals surface area contributed by atoms with Crippen molar-refractivity contribution in [1.82, 2.24) is 14.9 Å². The lowest BCUT2D eigenvalue weighted by Crippen LogP contribution is -2.38. The van der Waals surface area contributed by atoms with Crippen LogP contribution in [0.1, 0.15) is 52.1 Å². The Morgan fingerprint density at radius 1 is 1.14 bits per heavy atom. The number of piperidine rings is 1. The molecule has 4 nitrogen and oxygen atoms in total. The van der Waals surface area contributed by atoms with Gasteiger partial charge in [0.1, 0.15) is 10.7 Å². The molecular formula is C23H27N3OS. The molecule has 3 heterocycles. The minimum Gasteiger partial charge on any atom is -0.338 e. The number of hydrogen-bond donors (Lipinski definition) is 0. The Kier molecular flexibility index (Phi) is 5.44. The van der Waals surface area contributed by atoms with Crippen molar-refractivity contribution < 1.29 is 4.79 Å². The molecule has 0 atom stereocenters. The number of thiophene rings is 1. The number of amides is 1. The number of aryl methyl sites for hydroxylation is 3. The Balaban J connectivity index is 1.48. The number of carbonyl (C=O) groups excluding carboxylic acids is 1. The van der Waals surface area contributed by atoms with Gasteiger partial charge in [0.05, 0.1) is 4.88 Å². The third-order valence-electron chi connectivity index (χ3n) is 5.80. The fourth-order valence-electron chi connectivity index (χ4n) is 4.19. The van der Waals surface area contributed by atoms with Crippen LogP contribution in [0.3, 0.4) is 0 Å². The van der Waals surface area contributed by atoms with Crippen molar-refractivity contribution in [2.24, 2.45) is 5.92 Å². The lowest BCUT2D eigenvalue weighted by molar-refractivity contribution is 0.0695. The Morgan fingerprint density at radius 2 is 1.86 bits per heavy atom. The maximum atomic E-state index is 13.2. The number of carbonyl (C=O) groups is 1. The molecule has 0 aliphatic carbocycles. The zero-order valence-electron chi connectivity index (χ0n) is 16.9. The van der Waals surface area contributed by atoms with Crippen molar-refractivity contribution in [2.75, 3.05) is 13.1 Å². The maximum absolute atomic E-state index is 13.2. The molecule has 5 heteroatoms. The first-order valence-corrected chi connectivity index (χ1v) is 11.0. The fraction of sp³-hybridized carbons (Fsp3) is 0.435. The lowest BCUT2D eigenvalue weighted by atomic mass is 9.90. The lowest BCUT2D eigenvalue weighted by Gasteiger charge is -2.32. The molecule has 146 valence electrons. The third-order valence-corrected chi connectivity index (χ3v) is 6.97. The summed E-state index contributed by atoms with van der Waals surface area (Å²) in [6.07, 6.45) is 4.07. The average molecular weight is 394 g/mol. The highest BCUT2D eigenvalue weighted by atomic mass is 32.1. The Morgan fingerprint density at radius 3 is 2.54 bits per heavy atom. The molecular weight excluding hydrogens is 366 g/mol. The normalized spacial score (nSPS) is 15.3. The van der Waals surface area contributed by atoms with E-state index in [1.54, 1.807) is 0 Å². The van der Waals surface area contributed by atoms with Gasteiger partial charge in [0.2, 0.25) is 0 Å². The van der Waals surface area contributed by atoms with Gasteiger partial charge in [0, 0.05) is 30.6 Å². The zero-order valence-corrected chi connectivity index (χ0v) is 17.7. The number of likely N-dealkylation sites (tertiary alicyclic amines) is 1. The van der Waals surface area contributed by atoms with Gasteiger partial charge in [0.25, 0.3) is 5.91 Å². The van der Waals surface area contributed by atoms with Crippen LogP contribution in [0.15, 0.2) is 30.3 Å². The van der Waals surface area contributed by atoms with E-state index in [4.69, 9.17) is 0 Å². The van der Waals surface area contributed by atoms with Crippen LogP contribution in [0.25, 0.3) is 10.2 Å². The summed E-state index contributed by atoms with van der Waals surface area (Å²) in [5, 5.41) is 1.06. The minimum atomic E-state index is 0.163. The van der Waals surface area contributed by atoms with E-state index in [9.17, 15) is 4.79 Å². The maximum Gasteiger partial charge on any atom is 0.264 e. The molecule has 2 aromatic heterocycles. The molecule has 1 fully saturated rings. The van der Waals surface area contributed by atoms with E-state index in [-0.39, 0.29) is 5.91 Å². The van der Waals surface area contributed by atoms with Gasteiger partial charge in [-0.25, -0.2) is 9.97 Å². The van der Waals surface area contributed by atoms with Crippen molar-refractivity contribution in [1.29, 1.82) is 0 Å². The van der Waals surface area contributed by atoms with Gasteiger partial charge in [0.15, 0.2) is 0 Å². The predicted molar refractivity (Wildman–Crippen MR) is 115 cm³/mol. The summed E-state index contributed by atoms with van der Waals surface area (Å²) in [4.78, 5) is 26.3. The van der Waals surface area contributed by atoms with E-state index in [1.807, 2.05) is 18.7 Å². The van der Waals surface area contributed by atoms with E-state index in [2.05, 4.69) is 47.2 Å². The van der Waals surface area contributed by atoms with Crippen LogP contribution in [0, 0.1) is 19.8 Å². The van der Waals surface area contributed by atoms with Gasteiger partial charge in [-0.15, -0.1) is 11.3 Å². The predicted octanol–water partition coefficient (Wildman–Crippen LogP) is 4.97. The molecule has 1 aliphatic rings. The average Bonchev–Trinajstić information content (AvgIpc) is 3.05. The molecule has 0 saturated carbocycles. The van der Waals surface area contributed by atoms with Crippen LogP contribution >= 0.6 is 11.3 Å². The quantitative estimate of drug-likeness (QED) is 0.629. The number of nitrogens with zero attached hydrogens (tertiary/aromatic N) is 3. The summed E-state index contributed by atoms with van der Waals surface area (Å²) < 4.78 is 0. The first-order valence-electron chi connectivity index (χ1n) is 10.2. The van der Waals surface area contributed by atoms with Gasteiger partial charge in [-0.1, -0.05) is 37.3 Å². The van der Waals surface area contributed by atoms with Crippen molar-refractivity contribution in [2.45, 2.75) is 46.5 Å². The molecule has 1 aromatic carbocycles. The van der Waals surface area contributed by atoms with Gasteiger partial charge in [-0.05, 0) is 50.2 Å². The standard InChI is InChI=1S/C23H27N3OS/c1-4-19-24-16(3)20-15(2)21(28-22(20)25-19)23(27)26-12-10-18(11-13-26)14-17-8-6-5-7-9-17/h5-9,18H,4,10-14H2,1-3H3. The molecule has 0 radical (unpaired) electrons. The molecule has 3 aromatic rings. The van der Waals surface area contributed by atoms with E-state index < -0.39 is 0 Å². The first kappa shape index (κ1) is 19.1. The highest BCUT2D eigenvalue weighted by Gasteiger charge is 2.27. The van der Waals surface area contributed by atoms with Crippen LogP contribution in [0.4, 0.5) is 0 Å². The third kappa shape index (κ3) is 3.68. The van der Waals surface area contributed by atoms with E-state index >= 15 is 0 Å². The number of aromatic nitrogens is 2. The molecule has 0 spiro atoms. The molecule has 1 saturated heterocycles. The largest absolute Gasteiger partial charge is 0.338 e. The molecule has 28 heavy (non-hydrogen) atoms. The Labute approximate surface area is 170 Å². The van der Waals surface area contributed by atoms with E-state index in [1.165, 1.54) is 16.9 Å². The summed E-state index contributed by atoms with van der Waals surface area (Å²) in [6.45, 7) is 7.80. The molecule has 0 N–H and O–H groups in total.